The van der Waals surface area contributed by atoms with Gasteiger partial charge in [0.25, 0.3) is 0 Å². The molecule has 0 aliphatic heterocycles. The predicted molar refractivity (Wildman–Crippen MR) is 80.6 cm³/mol. The number of hydrogen-bond acceptors (Lipinski definition) is 2. The second kappa shape index (κ2) is 8.92. The fourth-order valence-electron chi connectivity index (χ4n) is 2.12. The number of amides is 1. The second-order valence-corrected chi connectivity index (χ2v) is 4.97. The SMILES string of the molecule is CCC(CC(C#N)C/C=C/Cc1ccccc1)C(N)=O. The zero-order valence-electron chi connectivity index (χ0n) is 12.0. The van der Waals surface area contributed by atoms with Crippen molar-refractivity contribution >= 4 is 5.91 Å². The maximum atomic E-state index is 11.2. The number of nitrogens with two attached hydrogens (primary N) is 1. The maximum Gasteiger partial charge on any atom is 0.220 e. The van der Waals surface area contributed by atoms with E-state index in [1.165, 1.54) is 5.56 Å². The highest BCUT2D eigenvalue weighted by molar-refractivity contribution is 5.76. The van der Waals surface area contributed by atoms with Gasteiger partial charge in [-0.2, -0.15) is 5.26 Å². The van der Waals surface area contributed by atoms with Crippen LogP contribution in [-0.2, 0) is 11.2 Å². The molecule has 0 heterocycles. The van der Waals surface area contributed by atoms with E-state index < -0.39 is 0 Å². The quantitative estimate of drug-likeness (QED) is 0.737. The fraction of sp³-hybridized carbons (Fsp3) is 0.412. The van der Waals surface area contributed by atoms with Crippen molar-refractivity contribution in [2.45, 2.75) is 32.6 Å². The van der Waals surface area contributed by atoms with Crippen LogP contribution in [0.25, 0.3) is 0 Å². The first kappa shape index (κ1) is 16.0. The Bertz CT molecular complexity index is 474. The molecule has 1 aromatic rings. The zero-order chi connectivity index (χ0) is 14.8. The first-order valence-corrected chi connectivity index (χ1v) is 7.05. The third-order valence-corrected chi connectivity index (χ3v) is 3.43. The summed E-state index contributed by atoms with van der Waals surface area (Å²) in [4.78, 5) is 11.2. The predicted octanol–water partition coefficient (Wildman–Crippen LogP) is 3.22. The number of carbonyl (C=O) groups excluding carboxylic acids is 1. The molecule has 0 saturated heterocycles. The first-order chi connectivity index (χ1) is 9.67. The average molecular weight is 270 g/mol. The molecule has 0 aromatic heterocycles. The number of allylic oxidation sites excluding steroid dienone is 2. The van der Waals surface area contributed by atoms with Crippen LogP contribution >= 0.6 is 0 Å². The molecule has 0 bridgehead atoms. The van der Waals surface area contributed by atoms with Gasteiger partial charge in [0.2, 0.25) is 5.91 Å². The highest BCUT2D eigenvalue weighted by Gasteiger charge is 2.18. The lowest BCUT2D eigenvalue weighted by molar-refractivity contribution is -0.122. The van der Waals surface area contributed by atoms with Gasteiger partial charge in [0.1, 0.15) is 0 Å². The summed E-state index contributed by atoms with van der Waals surface area (Å²) in [5, 5.41) is 9.13. The summed E-state index contributed by atoms with van der Waals surface area (Å²) in [7, 11) is 0. The lowest BCUT2D eigenvalue weighted by Gasteiger charge is -2.13. The molecule has 0 aliphatic rings. The molecule has 0 radical (unpaired) electrons. The van der Waals surface area contributed by atoms with Crippen molar-refractivity contribution in [2.24, 2.45) is 17.6 Å². The van der Waals surface area contributed by atoms with Crippen molar-refractivity contribution in [3.05, 3.63) is 48.0 Å². The number of nitriles is 1. The molecule has 106 valence electrons. The van der Waals surface area contributed by atoms with Gasteiger partial charge in [-0.3, -0.25) is 4.79 Å². The summed E-state index contributed by atoms with van der Waals surface area (Å²) >= 11 is 0. The third-order valence-electron chi connectivity index (χ3n) is 3.43. The van der Waals surface area contributed by atoms with E-state index in [-0.39, 0.29) is 17.7 Å². The number of carbonyl (C=O) groups is 1. The van der Waals surface area contributed by atoms with Gasteiger partial charge < -0.3 is 5.73 Å². The van der Waals surface area contributed by atoms with E-state index in [1.807, 2.05) is 31.2 Å². The number of primary amides is 1. The average Bonchev–Trinajstić information content (AvgIpc) is 2.47. The summed E-state index contributed by atoms with van der Waals surface area (Å²) in [6.07, 6.45) is 6.89. The Morgan fingerprint density at radius 2 is 2.05 bits per heavy atom. The van der Waals surface area contributed by atoms with Crippen molar-refractivity contribution in [3.8, 4) is 6.07 Å². The van der Waals surface area contributed by atoms with Crippen molar-refractivity contribution in [1.29, 1.82) is 5.26 Å². The van der Waals surface area contributed by atoms with E-state index in [0.717, 1.165) is 6.42 Å². The van der Waals surface area contributed by atoms with E-state index in [1.54, 1.807) is 0 Å². The molecule has 2 unspecified atom stereocenters. The molecule has 3 nitrogen and oxygen atoms in total. The van der Waals surface area contributed by atoms with Gasteiger partial charge >= 0.3 is 0 Å². The Morgan fingerprint density at radius 3 is 2.60 bits per heavy atom. The molecule has 1 rings (SSSR count). The summed E-state index contributed by atoms with van der Waals surface area (Å²) in [6.45, 7) is 1.93. The zero-order valence-corrected chi connectivity index (χ0v) is 12.0. The molecule has 1 aromatic carbocycles. The number of hydrogen-bond donors (Lipinski definition) is 1. The van der Waals surface area contributed by atoms with Crippen LogP contribution in [0.2, 0.25) is 0 Å². The first-order valence-electron chi connectivity index (χ1n) is 7.05. The third kappa shape index (κ3) is 5.71. The highest BCUT2D eigenvalue weighted by atomic mass is 16.1. The van der Waals surface area contributed by atoms with E-state index in [0.29, 0.717) is 19.3 Å². The molecule has 0 spiro atoms. The smallest absolute Gasteiger partial charge is 0.220 e. The van der Waals surface area contributed by atoms with Gasteiger partial charge in [0.05, 0.1) is 12.0 Å². The van der Waals surface area contributed by atoms with Gasteiger partial charge in [-0.05, 0) is 31.2 Å². The molecule has 2 N–H and O–H groups in total. The van der Waals surface area contributed by atoms with Crippen LogP contribution < -0.4 is 5.73 Å². The Balaban J connectivity index is 2.41. The lowest BCUT2D eigenvalue weighted by atomic mass is 9.90. The molecule has 2 atom stereocenters. The van der Waals surface area contributed by atoms with Crippen molar-refractivity contribution in [3.63, 3.8) is 0 Å². The van der Waals surface area contributed by atoms with Gasteiger partial charge in [-0.1, -0.05) is 49.4 Å². The van der Waals surface area contributed by atoms with Crippen LogP contribution in [0, 0.1) is 23.2 Å². The summed E-state index contributed by atoms with van der Waals surface area (Å²) in [5.41, 5.74) is 6.57. The van der Waals surface area contributed by atoms with Crippen LogP contribution in [0.15, 0.2) is 42.5 Å². The Hall–Kier alpha value is -2.08. The molecule has 0 fully saturated rings. The lowest BCUT2D eigenvalue weighted by Crippen LogP contribution is -2.24. The van der Waals surface area contributed by atoms with Crippen LogP contribution in [0.1, 0.15) is 31.7 Å². The summed E-state index contributed by atoms with van der Waals surface area (Å²) in [6, 6.07) is 12.4. The van der Waals surface area contributed by atoms with Crippen LogP contribution in [0.5, 0.6) is 0 Å². The van der Waals surface area contributed by atoms with E-state index in [4.69, 9.17) is 11.0 Å². The normalized spacial score (nSPS) is 13.8. The Labute approximate surface area is 121 Å². The summed E-state index contributed by atoms with van der Waals surface area (Å²) < 4.78 is 0. The monoisotopic (exact) mass is 270 g/mol. The fourth-order valence-corrected chi connectivity index (χ4v) is 2.12. The van der Waals surface area contributed by atoms with Gasteiger partial charge in [-0.25, -0.2) is 0 Å². The molecule has 0 saturated carbocycles. The molecule has 0 aliphatic carbocycles. The van der Waals surface area contributed by atoms with Gasteiger partial charge in [0, 0.05) is 5.92 Å². The molecular formula is C17H22N2O. The van der Waals surface area contributed by atoms with Crippen molar-refractivity contribution < 1.29 is 4.79 Å². The summed E-state index contributed by atoms with van der Waals surface area (Å²) in [5.74, 6) is -0.636. The largest absolute Gasteiger partial charge is 0.369 e. The van der Waals surface area contributed by atoms with Crippen LogP contribution in [-0.4, -0.2) is 5.91 Å². The van der Waals surface area contributed by atoms with Crippen LogP contribution in [0.3, 0.4) is 0 Å². The van der Waals surface area contributed by atoms with E-state index >= 15 is 0 Å². The second-order valence-electron chi connectivity index (χ2n) is 4.97. The van der Waals surface area contributed by atoms with Gasteiger partial charge in [-0.15, -0.1) is 0 Å². The molecule has 1 amide bonds. The Morgan fingerprint density at radius 1 is 1.35 bits per heavy atom. The van der Waals surface area contributed by atoms with Crippen molar-refractivity contribution in [2.75, 3.05) is 0 Å². The molecule has 20 heavy (non-hydrogen) atoms. The number of benzene rings is 1. The Kier molecular flexibility index (Phi) is 7.13. The van der Waals surface area contributed by atoms with E-state index in [9.17, 15) is 4.79 Å². The number of nitrogens with zero attached hydrogens (tertiary/aromatic N) is 1. The minimum atomic E-state index is -0.305. The minimum Gasteiger partial charge on any atom is -0.369 e. The van der Waals surface area contributed by atoms with Crippen molar-refractivity contribution in [1.82, 2.24) is 0 Å². The highest BCUT2D eigenvalue weighted by Crippen LogP contribution is 2.18. The number of rotatable bonds is 8. The maximum absolute atomic E-state index is 11.2. The molecule has 3 heteroatoms. The minimum absolute atomic E-state index is 0.139. The topological polar surface area (TPSA) is 66.9 Å². The van der Waals surface area contributed by atoms with Crippen LogP contribution in [0.4, 0.5) is 0 Å². The molecular weight excluding hydrogens is 248 g/mol. The van der Waals surface area contributed by atoms with Gasteiger partial charge in [0.15, 0.2) is 0 Å². The standard InChI is InChI=1S/C17H22N2O/c1-2-16(17(19)20)12-15(13-18)11-7-6-10-14-8-4-3-5-9-14/h3-9,15-16H,2,10-12H2,1H3,(H2,19,20)/b7-6+. The van der Waals surface area contributed by atoms with E-state index in [2.05, 4.69) is 24.3 Å².